The van der Waals surface area contributed by atoms with E-state index in [0.29, 0.717) is 22.4 Å². The van der Waals surface area contributed by atoms with E-state index < -0.39 is 6.10 Å². The monoisotopic (exact) mass is 433 g/mol. The Labute approximate surface area is 182 Å². The third-order valence-corrected chi connectivity index (χ3v) is 5.97. The highest BCUT2D eigenvalue weighted by Crippen LogP contribution is 2.35. The van der Waals surface area contributed by atoms with Gasteiger partial charge in [0.05, 0.1) is 29.6 Å². The standard InChI is InChI=1S/C23H19N3O4S/c1-28-16-9-10-21-17(12-16)25-23(31-21)26(13-15-6-4-5-11-24-15)22(27)20-14-29-18-7-2-3-8-19(18)30-20/h2-12,20H,13-14H2,1H3. The molecule has 0 radical (unpaired) electrons. The Morgan fingerprint density at radius 3 is 2.81 bits per heavy atom. The number of methoxy groups -OCH3 is 1. The summed E-state index contributed by atoms with van der Waals surface area (Å²) in [5.41, 5.74) is 1.52. The van der Waals surface area contributed by atoms with E-state index in [-0.39, 0.29) is 19.1 Å². The minimum Gasteiger partial charge on any atom is -0.497 e. The van der Waals surface area contributed by atoms with Crippen molar-refractivity contribution >= 4 is 32.6 Å². The smallest absolute Gasteiger partial charge is 0.273 e. The first-order valence-corrected chi connectivity index (χ1v) is 10.6. The fourth-order valence-electron chi connectivity index (χ4n) is 3.35. The van der Waals surface area contributed by atoms with Crippen LogP contribution < -0.4 is 19.1 Å². The maximum absolute atomic E-state index is 13.5. The first-order chi connectivity index (χ1) is 15.2. The van der Waals surface area contributed by atoms with Crippen LogP contribution in [0.3, 0.4) is 0 Å². The van der Waals surface area contributed by atoms with E-state index in [0.717, 1.165) is 15.9 Å². The first-order valence-electron chi connectivity index (χ1n) is 9.75. The van der Waals surface area contributed by atoms with Gasteiger partial charge in [0.1, 0.15) is 12.4 Å². The summed E-state index contributed by atoms with van der Waals surface area (Å²) < 4.78 is 18.0. The molecule has 7 nitrogen and oxygen atoms in total. The summed E-state index contributed by atoms with van der Waals surface area (Å²) in [6.07, 6.45) is 0.928. The lowest BCUT2D eigenvalue weighted by atomic mass is 10.2. The van der Waals surface area contributed by atoms with E-state index in [4.69, 9.17) is 19.2 Å². The fourth-order valence-corrected chi connectivity index (χ4v) is 4.30. The van der Waals surface area contributed by atoms with Gasteiger partial charge in [-0.05, 0) is 36.4 Å². The zero-order chi connectivity index (χ0) is 21.2. The van der Waals surface area contributed by atoms with Crippen LogP contribution in [0.25, 0.3) is 10.2 Å². The van der Waals surface area contributed by atoms with Gasteiger partial charge in [-0.3, -0.25) is 14.7 Å². The molecular weight excluding hydrogens is 414 g/mol. The molecule has 1 unspecified atom stereocenters. The van der Waals surface area contributed by atoms with Crippen LogP contribution >= 0.6 is 11.3 Å². The quantitative estimate of drug-likeness (QED) is 0.472. The van der Waals surface area contributed by atoms with Crippen molar-refractivity contribution in [1.82, 2.24) is 9.97 Å². The largest absolute Gasteiger partial charge is 0.497 e. The van der Waals surface area contributed by atoms with Gasteiger partial charge in [0.2, 0.25) is 6.10 Å². The number of hydrogen-bond donors (Lipinski definition) is 0. The van der Waals surface area contributed by atoms with Crippen LogP contribution in [0.15, 0.2) is 66.9 Å². The van der Waals surface area contributed by atoms with E-state index in [1.165, 1.54) is 11.3 Å². The van der Waals surface area contributed by atoms with Crippen molar-refractivity contribution in [3.63, 3.8) is 0 Å². The van der Waals surface area contributed by atoms with Crippen LogP contribution in [0.2, 0.25) is 0 Å². The number of rotatable bonds is 5. The zero-order valence-corrected chi connectivity index (χ0v) is 17.5. The molecule has 1 aliphatic rings. The second-order valence-electron chi connectivity index (χ2n) is 6.94. The number of hydrogen-bond acceptors (Lipinski definition) is 7. The summed E-state index contributed by atoms with van der Waals surface area (Å²) in [5, 5.41) is 0.571. The predicted octanol–water partition coefficient (Wildman–Crippen LogP) is 4.07. The number of carbonyl (C=O) groups excluding carboxylic acids is 1. The molecule has 4 aromatic rings. The van der Waals surface area contributed by atoms with Crippen LogP contribution in [-0.4, -0.2) is 35.7 Å². The van der Waals surface area contributed by atoms with Crippen LogP contribution in [-0.2, 0) is 11.3 Å². The van der Waals surface area contributed by atoms with E-state index in [2.05, 4.69) is 4.98 Å². The molecule has 0 aliphatic carbocycles. The van der Waals surface area contributed by atoms with Crippen LogP contribution in [0, 0.1) is 0 Å². The van der Waals surface area contributed by atoms with Crippen molar-refractivity contribution in [2.24, 2.45) is 0 Å². The summed E-state index contributed by atoms with van der Waals surface area (Å²) in [6.45, 7) is 0.408. The molecule has 0 N–H and O–H groups in total. The molecule has 5 rings (SSSR count). The second-order valence-corrected chi connectivity index (χ2v) is 7.95. The van der Waals surface area contributed by atoms with Gasteiger partial charge in [-0.2, -0.15) is 0 Å². The van der Waals surface area contributed by atoms with Gasteiger partial charge in [0, 0.05) is 12.3 Å². The van der Waals surface area contributed by atoms with Crippen molar-refractivity contribution in [3.8, 4) is 17.2 Å². The molecule has 3 heterocycles. The van der Waals surface area contributed by atoms with Crippen LogP contribution in [0.4, 0.5) is 5.13 Å². The number of thiazole rings is 1. The third kappa shape index (κ3) is 3.89. The Balaban J connectivity index is 1.49. The Kier molecular flexibility index (Phi) is 5.13. The molecule has 1 amide bonds. The Hall–Kier alpha value is -3.65. The normalized spacial score (nSPS) is 14.9. The van der Waals surface area contributed by atoms with E-state index >= 15 is 0 Å². The van der Waals surface area contributed by atoms with Crippen molar-refractivity contribution in [2.45, 2.75) is 12.6 Å². The molecule has 0 saturated carbocycles. The Morgan fingerprint density at radius 1 is 1.16 bits per heavy atom. The molecular formula is C23H19N3O4S. The van der Waals surface area contributed by atoms with Crippen molar-refractivity contribution < 1.29 is 19.0 Å². The number of pyridine rings is 1. The molecule has 0 saturated heterocycles. The SMILES string of the molecule is COc1ccc2sc(N(Cc3ccccn3)C(=O)C3COc4ccccc4O3)nc2c1. The van der Waals surface area contributed by atoms with Gasteiger partial charge in [0.25, 0.3) is 5.91 Å². The molecule has 0 bridgehead atoms. The number of carbonyl (C=O) groups is 1. The van der Waals surface area contributed by atoms with Crippen LogP contribution in [0.1, 0.15) is 5.69 Å². The molecule has 1 aliphatic heterocycles. The van der Waals surface area contributed by atoms with Crippen molar-refractivity contribution in [3.05, 3.63) is 72.6 Å². The Morgan fingerprint density at radius 2 is 2.00 bits per heavy atom. The molecule has 31 heavy (non-hydrogen) atoms. The highest BCUT2D eigenvalue weighted by molar-refractivity contribution is 7.22. The molecule has 8 heteroatoms. The number of nitrogens with zero attached hydrogens (tertiary/aromatic N) is 3. The molecule has 0 fully saturated rings. The zero-order valence-electron chi connectivity index (χ0n) is 16.7. The number of para-hydroxylation sites is 2. The van der Waals surface area contributed by atoms with Gasteiger partial charge in [-0.1, -0.05) is 29.5 Å². The lowest BCUT2D eigenvalue weighted by Crippen LogP contribution is -2.46. The van der Waals surface area contributed by atoms with Gasteiger partial charge >= 0.3 is 0 Å². The highest BCUT2D eigenvalue weighted by Gasteiger charge is 2.33. The van der Waals surface area contributed by atoms with E-state index in [9.17, 15) is 4.79 Å². The lowest BCUT2D eigenvalue weighted by molar-refractivity contribution is -0.127. The van der Waals surface area contributed by atoms with Gasteiger partial charge in [0.15, 0.2) is 16.6 Å². The van der Waals surface area contributed by atoms with Gasteiger partial charge in [-0.15, -0.1) is 0 Å². The Bertz CT molecular complexity index is 1230. The molecule has 156 valence electrons. The summed E-state index contributed by atoms with van der Waals surface area (Å²) >= 11 is 1.44. The number of anilines is 1. The highest BCUT2D eigenvalue weighted by atomic mass is 32.1. The molecule has 2 aromatic carbocycles. The minimum atomic E-state index is -0.778. The van der Waals surface area contributed by atoms with Crippen molar-refractivity contribution in [2.75, 3.05) is 18.6 Å². The number of fused-ring (bicyclic) bond motifs is 2. The number of aromatic nitrogens is 2. The first kappa shape index (κ1) is 19.3. The lowest BCUT2D eigenvalue weighted by Gasteiger charge is -2.29. The van der Waals surface area contributed by atoms with Crippen LogP contribution in [0.5, 0.6) is 17.2 Å². The average molecular weight is 433 g/mol. The summed E-state index contributed by atoms with van der Waals surface area (Å²) in [4.78, 5) is 24.2. The van der Waals surface area contributed by atoms with E-state index in [1.54, 1.807) is 24.3 Å². The number of benzene rings is 2. The van der Waals surface area contributed by atoms with Gasteiger partial charge < -0.3 is 14.2 Å². The number of ether oxygens (including phenoxy) is 3. The maximum Gasteiger partial charge on any atom is 0.273 e. The topological polar surface area (TPSA) is 73.8 Å². The summed E-state index contributed by atoms with van der Waals surface area (Å²) in [5.74, 6) is 1.67. The summed E-state index contributed by atoms with van der Waals surface area (Å²) in [6, 6.07) is 18.6. The predicted molar refractivity (Wildman–Crippen MR) is 118 cm³/mol. The summed E-state index contributed by atoms with van der Waals surface area (Å²) in [7, 11) is 1.61. The molecule has 1 atom stereocenters. The minimum absolute atomic E-state index is 0.132. The average Bonchev–Trinajstić information content (AvgIpc) is 3.25. The third-order valence-electron chi connectivity index (χ3n) is 4.91. The maximum atomic E-state index is 13.5. The number of amides is 1. The molecule has 0 spiro atoms. The van der Waals surface area contributed by atoms with Gasteiger partial charge in [-0.25, -0.2) is 4.98 Å². The molecule has 2 aromatic heterocycles. The van der Waals surface area contributed by atoms with Crippen molar-refractivity contribution in [1.29, 1.82) is 0 Å². The fraction of sp³-hybridized carbons (Fsp3) is 0.174. The van der Waals surface area contributed by atoms with E-state index in [1.807, 2.05) is 54.6 Å². The second kappa shape index (κ2) is 8.23.